The summed E-state index contributed by atoms with van der Waals surface area (Å²) in [4.78, 5) is 20.5. The van der Waals surface area contributed by atoms with E-state index in [1.807, 2.05) is 0 Å². The van der Waals surface area contributed by atoms with E-state index in [2.05, 4.69) is 10.1 Å². The van der Waals surface area contributed by atoms with Crippen molar-refractivity contribution in [2.75, 3.05) is 0 Å². The van der Waals surface area contributed by atoms with Gasteiger partial charge in [-0.25, -0.2) is 9.59 Å². The molecular formula is C4H6N2O4. The number of cyclic esters (lactones) is 1. The minimum atomic E-state index is -1.26. The Morgan fingerprint density at radius 2 is 2.40 bits per heavy atom. The summed E-state index contributed by atoms with van der Waals surface area (Å²) in [7, 11) is 0. The molecule has 1 aliphatic heterocycles. The lowest BCUT2D eigenvalue weighted by Crippen LogP contribution is -2.43. The molecule has 1 aliphatic rings. The lowest BCUT2D eigenvalue weighted by Gasteiger charge is -2.04. The standard InChI is InChI=1S/C4H6N2O4/c5-2-1(3(7)8)10-4(9)6-2/h1-2H,5H2,(H,6,9)(H,7,8). The van der Waals surface area contributed by atoms with Gasteiger partial charge in [0, 0.05) is 0 Å². The summed E-state index contributed by atoms with van der Waals surface area (Å²) in [5.74, 6) is -1.24. The third-order valence-electron chi connectivity index (χ3n) is 1.09. The van der Waals surface area contributed by atoms with Crippen LogP contribution in [-0.2, 0) is 9.53 Å². The third-order valence-corrected chi connectivity index (χ3v) is 1.09. The van der Waals surface area contributed by atoms with Gasteiger partial charge in [0.05, 0.1) is 0 Å². The van der Waals surface area contributed by atoms with Crippen LogP contribution in [0.3, 0.4) is 0 Å². The number of carbonyl (C=O) groups excluding carboxylic acids is 1. The number of carboxylic acid groups (broad SMARTS) is 1. The number of carboxylic acids is 1. The van der Waals surface area contributed by atoms with Crippen molar-refractivity contribution < 1.29 is 19.4 Å². The molecular weight excluding hydrogens is 140 g/mol. The van der Waals surface area contributed by atoms with Crippen LogP contribution in [0.4, 0.5) is 4.79 Å². The highest BCUT2D eigenvalue weighted by Gasteiger charge is 2.36. The molecule has 0 spiro atoms. The molecule has 1 fully saturated rings. The Labute approximate surface area is 55.9 Å². The van der Waals surface area contributed by atoms with Gasteiger partial charge in [-0.05, 0) is 0 Å². The van der Waals surface area contributed by atoms with Crippen molar-refractivity contribution in [3.05, 3.63) is 0 Å². The van der Waals surface area contributed by atoms with Gasteiger partial charge in [0.25, 0.3) is 0 Å². The molecule has 1 saturated heterocycles. The van der Waals surface area contributed by atoms with Crippen LogP contribution in [0.2, 0.25) is 0 Å². The maximum absolute atomic E-state index is 10.3. The quantitative estimate of drug-likeness (QED) is 0.416. The second-order valence-corrected chi connectivity index (χ2v) is 1.83. The van der Waals surface area contributed by atoms with Crippen molar-refractivity contribution in [3.63, 3.8) is 0 Å². The minimum absolute atomic E-state index is 0.792. The van der Waals surface area contributed by atoms with E-state index in [-0.39, 0.29) is 0 Å². The fourth-order valence-electron chi connectivity index (χ4n) is 0.638. The molecule has 1 rings (SSSR count). The number of amides is 1. The molecule has 0 radical (unpaired) electrons. The van der Waals surface area contributed by atoms with Crippen molar-refractivity contribution in [1.29, 1.82) is 0 Å². The Bertz CT molecular complexity index is 180. The number of nitrogens with two attached hydrogens (primary N) is 1. The topological polar surface area (TPSA) is 102 Å². The normalized spacial score (nSPS) is 31.1. The van der Waals surface area contributed by atoms with E-state index in [0.29, 0.717) is 0 Å². The van der Waals surface area contributed by atoms with Gasteiger partial charge in [-0.15, -0.1) is 0 Å². The molecule has 0 aromatic heterocycles. The number of hydrogen-bond donors (Lipinski definition) is 3. The lowest BCUT2D eigenvalue weighted by molar-refractivity contribution is -0.145. The van der Waals surface area contributed by atoms with Gasteiger partial charge in [0.1, 0.15) is 6.17 Å². The highest BCUT2D eigenvalue weighted by molar-refractivity contribution is 5.81. The molecule has 0 aliphatic carbocycles. The van der Waals surface area contributed by atoms with Crippen LogP contribution in [0.25, 0.3) is 0 Å². The van der Waals surface area contributed by atoms with Crippen LogP contribution in [0.5, 0.6) is 0 Å². The second-order valence-electron chi connectivity index (χ2n) is 1.83. The first kappa shape index (κ1) is 6.81. The van der Waals surface area contributed by atoms with Crippen LogP contribution in [0, 0.1) is 0 Å². The molecule has 2 unspecified atom stereocenters. The van der Waals surface area contributed by atoms with E-state index >= 15 is 0 Å². The van der Waals surface area contributed by atoms with Gasteiger partial charge in [0.15, 0.2) is 0 Å². The van der Waals surface area contributed by atoms with Crippen LogP contribution < -0.4 is 11.1 Å². The molecule has 0 aromatic carbocycles. The highest BCUT2D eigenvalue weighted by Crippen LogP contribution is 2.03. The van der Waals surface area contributed by atoms with E-state index < -0.39 is 24.3 Å². The summed E-state index contributed by atoms with van der Waals surface area (Å²) in [5, 5.41) is 10.4. The van der Waals surface area contributed by atoms with Crippen molar-refractivity contribution >= 4 is 12.1 Å². The number of aliphatic carboxylic acids is 1. The van der Waals surface area contributed by atoms with Crippen molar-refractivity contribution in [1.82, 2.24) is 5.32 Å². The molecule has 6 heteroatoms. The van der Waals surface area contributed by atoms with Gasteiger partial charge < -0.3 is 20.9 Å². The van der Waals surface area contributed by atoms with E-state index in [9.17, 15) is 9.59 Å². The third kappa shape index (κ3) is 1.01. The van der Waals surface area contributed by atoms with Gasteiger partial charge in [0.2, 0.25) is 6.10 Å². The van der Waals surface area contributed by atoms with Gasteiger partial charge in [-0.2, -0.15) is 0 Å². The average Bonchev–Trinajstić information content (AvgIpc) is 2.10. The summed E-state index contributed by atoms with van der Waals surface area (Å²) in [5.41, 5.74) is 5.13. The fourth-order valence-corrected chi connectivity index (χ4v) is 0.638. The first-order valence-corrected chi connectivity index (χ1v) is 2.57. The number of rotatable bonds is 1. The zero-order chi connectivity index (χ0) is 7.72. The van der Waals surface area contributed by atoms with Gasteiger partial charge in [-0.3, -0.25) is 0 Å². The summed E-state index contributed by atoms with van der Waals surface area (Å²) in [6.45, 7) is 0. The average molecular weight is 146 g/mol. The summed E-state index contributed by atoms with van der Waals surface area (Å²) < 4.78 is 4.26. The molecule has 1 amide bonds. The number of carbonyl (C=O) groups is 2. The Kier molecular flexibility index (Phi) is 1.46. The predicted molar refractivity (Wildman–Crippen MR) is 29.0 cm³/mol. The first-order chi connectivity index (χ1) is 4.61. The number of ether oxygens (including phenoxy) is 1. The molecule has 6 nitrogen and oxygen atoms in total. The Hall–Kier alpha value is -1.30. The Morgan fingerprint density at radius 3 is 2.60 bits per heavy atom. The van der Waals surface area contributed by atoms with Gasteiger partial charge >= 0.3 is 12.1 Å². The Morgan fingerprint density at radius 1 is 1.80 bits per heavy atom. The highest BCUT2D eigenvalue weighted by atomic mass is 16.6. The van der Waals surface area contributed by atoms with Crippen molar-refractivity contribution in [2.45, 2.75) is 12.3 Å². The van der Waals surface area contributed by atoms with Gasteiger partial charge in [-0.1, -0.05) is 0 Å². The molecule has 10 heavy (non-hydrogen) atoms. The molecule has 4 N–H and O–H groups in total. The van der Waals surface area contributed by atoms with E-state index in [1.165, 1.54) is 0 Å². The SMILES string of the molecule is NC1NC(=O)OC1C(=O)O. The monoisotopic (exact) mass is 146 g/mol. The Balaban J connectivity index is 2.63. The lowest BCUT2D eigenvalue weighted by atomic mass is 10.3. The first-order valence-electron chi connectivity index (χ1n) is 2.57. The molecule has 2 atom stereocenters. The van der Waals surface area contributed by atoms with Crippen LogP contribution in [0.15, 0.2) is 0 Å². The molecule has 56 valence electrons. The van der Waals surface area contributed by atoms with Crippen molar-refractivity contribution in [2.24, 2.45) is 5.73 Å². The largest absolute Gasteiger partial charge is 0.478 e. The second kappa shape index (κ2) is 2.14. The van der Waals surface area contributed by atoms with Crippen LogP contribution in [-0.4, -0.2) is 29.4 Å². The molecule has 1 heterocycles. The number of nitrogens with one attached hydrogen (secondary N) is 1. The summed E-state index contributed by atoms with van der Waals surface area (Å²) in [6, 6.07) is 0. The molecule has 0 aromatic rings. The van der Waals surface area contributed by atoms with Crippen LogP contribution >= 0.6 is 0 Å². The zero-order valence-corrected chi connectivity index (χ0v) is 4.90. The van der Waals surface area contributed by atoms with E-state index in [0.717, 1.165) is 0 Å². The van der Waals surface area contributed by atoms with E-state index in [1.54, 1.807) is 0 Å². The predicted octanol–water partition coefficient (Wildman–Crippen LogP) is -1.54. The molecule has 0 saturated carbocycles. The maximum Gasteiger partial charge on any atom is 0.409 e. The summed E-state index contributed by atoms with van der Waals surface area (Å²) >= 11 is 0. The number of alkyl carbamates (subject to hydrolysis) is 1. The zero-order valence-electron chi connectivity index (χ0n) is 4.90. The fraction of sp³-hybridized carbons (Fsp3) is 0.500. The van der Waals surface area contributed by atoms with E-state index in [4.69, 9.17) is 10.8 Å². The van der Waals surface area contributed by atoms with Crippen LogP contribution in [0.1, 0.15) is 0 Å². The number of hydrogen-bond acceptors (Lipinski definition) is 4. The smallest absolute Gasteiger partial charge is 0.409 e. The summed E-state index contributed by atoms with van der Waals surface area (Å²) in [6.07, 6.45) is -2.99. The molecule has 0 bridgehead atoms. The maximum atomic E-state index is 10.3. The minimum Gasteiger partial charge on any atom is -0.478 e. The van der Waals surface area contributed by atoms with Crippen molar-refractivity contribution in [3.8, 4) is 0 Å².